The molecule has 4 aromatic heterocycles. The minimum absolute atomic E-state index is 0.843. The van der Waals surface area contributed by atoms with E-state index in [1.807, 2.05) is 0 Å². The molecule has 0 spiro atoms. The first-order chi connectivity index (χ1) is 23.7. The first-order valence-corrected chi connectivity index (χ1v) is 16.4. The monoisotopic (exact) mass is 616 g/mol. The molecule has 0 atom stereocenters. The van der Waals surface area contributed by atoms with Gasteiger partial charge in [-0.05, 0) is 95.8 Å². The predicted octanol–water partition coefficient (Wildman–Crippen LogP) is 12.2. The maximum atomic E-state index is 7.04. The van der Waals surface area contributed by atoms with Crippen LogP contribution in [-0.2, 0) is 0 Å². The molecule has 0 bridgehead atoms. The number of hydrogen-bond donors (Lipinski definition) is 0. The van der Waals surface area contributed by atoms with Crippen molar-refractivity contribution < 1.29 is 8.83 Å². The van der Waals surface area contributed by atoms with E-state index in [-0.39, 0.29) is 0 Å². The summed E-state index contributed by atoms with van der Waals surface area (Å²) >= 11 is 0. The predicted molar refractivity (Wildman–Crippen MR) is 198 cm³/mol. The van der Waals surface area contributed by atoms with Crippen molar-refractivity contribution in [2.24, 2.45) is 0 Å². The van der Waals surface area contributed by atoms with Gasteiger partial charge in [-0.2, -0.15) is 0 Å². The van der Waals surface area contributed by atoms with E-state index in [0.717, 1.165) is 77.0 Å². The third-order valence-corrected chi connectivity index (χ3v) is 10.4. The third kappa shape index (κ3) is 3.24. The normalized spacial score (nSPS) is 12.4. The largest absolute Gasteiger partial charge is 0.452 e. The number of fused-ring (bicyclic) bond motifs is 12. The molecule has 0 fully saturated rings. The van der Waals surface area contributed by atoms with Crippen LogP contribution in [0.3, 0.4) is 0 Å². The zero-order valence-corrected chi connectivity index (χ0v) is 26.4. The molecule has 11 aromatic rings. The van der Waals surface area contributed by atoms with Crippen LogP contribution in [0.5, 0.6) is 0 Å². The zero-order chi connectivity index (χ0) is 31.7. The van der Waals surface area contributed by atoms with Crippen LogP contribution in [0, 0.1) is 13.8 Å². The van der Waals surface area contributed by atoms with Crippen molar-refractivity contribution in [3.05, 3.63) is 145 Å². The molecule has 0 aliphatic rings. The summed E-state index contributed by atoms with van der Waals surface area (Å²) in [5.74, 6) is 0. The lowest BCUT2D eigenvalue weighted by Gasteiger charge is -2.11. The molecular formula is C44H28N2O2. The molecule has 0 aliphatic carbocycles. The van der Waals surface area contributed by atoms with Gasteiger partial charge in [-0.3, -0.25) is 0 Å². The quantitative estimate of drug-likeness (QED) is 0.181. The molecule has 48 heavy (non-hydrogen) atoms. The van der Waals surface area contributed by atoms with Crippen molar-refractivity contribution in [1.29, 1.82) is 0 Å². The Hall–Kier alpha value is -6.26. The van der Waals surface area contributed by atoms with E-state index in [1.165, 1.54) is 33.4 Å². The summed E-state index contributed by atoms with van der Waals surface area (Å²) in [5.41, 5.74) is 17.1. The molecule has 4 heteroatoms. The highest BCUT2D eigenvalue weighted by Crippen LogP contribution is 2.48. The highest BCUT2D eigenvalue weighted by molar-refractivity contribution is 6.35. The Morgan fingerprint density at radius 1 is 0.417 bits per heavy atom. The van der Waals surface area contributed by atoms with Gasteiger partial charge in [-0.25, -0.2) is 0 Å². The summed E-state index contributed by atoms with van der Waals surface area (Å²) < 4.78 is 18.8. The maximum Gasteiger partial charge on any atom is 0.162 e. The van der Waals surface area contributed by atoms with Crippen molar-refractivity contribution in [1.82, 2.24) is 8.80 Å². The Balaban J connectivity index is 1.43. The number of aromatic nitrogens is 2. The van der Waals surface area contributed by atoms with E-state index in [1.54, 1.807) is 0 Å². The van der Waals surface area contributed by atoms with Gasteiger partial charge in [0.25, 0.3) is 0 Å². The lowest BCUT2D eigenvalue weighted by Crippen LogP contribution is -1.93. The number of aryl methyl sites for hydroxylation is 2. The van der Waals surface area contributed by atoms with Gasteiger partial charge in [0.15, 0.2) is 22.3 Å². The second-order valence-corrected chi connectivity index (χ2v) is 13.0. The maximum absolute atomic E-state index is 7.04. The van der Waals surface area contributed by atoms with Crippen molar-refractivity contribution in [2.45, 2.75) is 13.8 Å². The van der Waals surface area contributed by atoms with Gasteiger partial charge in [0, 0.05) is 10.8 Å². The van der Waals surface area contributed by atoms with E-state index in [4.69, 9.17) is 8.83 Å². The summed E-state index contributed by atoms with van der Waals surface area (Å²) in [6.07, 6.45) is 0. The molecule has 0 radical (unpaired) electrons. The van der Waals surface area contributed by atoms with Crippen LogP contribution in [-0.4, -0.2) is 8.80 Å². The van der Waals surface area contributed by atoms with Gasteiger partial charge >= 0.3 is 0 Å². The van der Waals surface area contributed by atoms with Crippen molar-refractivity contribution in [2.75, 3.05) is 0 Å². The third-order valence-electron chi connectivity index (χ3n) is 10.4. The fourth-order valence-corrected chi connectivity index (χ4v) is 8.21. The molecule has 226 valence electrons. The summed E-state index contributed by atoms with van der Waals surface area (Å²) in [5, 5.41) is 4.41. The van der Waals surface area contributed by atoms with E-state index in [0.29, 0.717) is 0 Å². The van der Waals surface area contributed by atoms with Crippen molar-refractivity contribution in [3.63, 3.8) is 0 Å². The minimum Gasteiger partial charge on any atom is -0.452 e. The van der Waals surface area contributed by atoms with Crippen LogP contribution >= 0.6 is 0 Å². The van der Waals surface area contributed by atoms with Gasteiger partial charge in [-0.15, -0.1) is 0 Å². The number of rotatable bonds is 2. The van der Waals surface area contributed by atoms with Gasteiger partial charge < -0.3 is 17.6 Å². The second kappa shape index (κ2) is 9.18. The van der Waals surface area contributed by atoms with Crippen LogP contribution in [0.15, 0.2) is 142 Å². The molecule has 0 saturated carbocycles. The minimum atomic E-state index is 0.843. The average Bonchev–Trinajstić information content (AvgIpc) is 3.65. The number of benzene rings is 7. The standard InChI is InChI=1S/C44H28N2O2/c1-25-11-3-5-13-29(25)27-19-21-33-31(23-27)39-41-44(48-37-17-9-7-15-35(37)45(33)41)40-32-24-28(30-14-6-4-12-26(30)2)20-22-34(32)46-36-16-8-10-18-38(36)47-43(39)42(40)46/h3-24H,1-2H3. The molecule has 0 aliphatic heterocycles. The lowest BCUT2D eigenvalue weighted by atomic mass is 9.97. The van der Waals surface area contributed by atoms with Crippen LogP contribution in [0.2, 0.25) is 0 Å². The van der Waals surface area contributed by atoms with E-state index >= 15 is 0 Å². The molecule has 7 aromatic carbocycles. The molecule has 0 amide bonds. The SMILES string of the molecule is Cc1ccccc1-c1ccc2c(c1)c1c3oc4ccccc4n4c5ccc(-c6ccccc6C)cc5c(c5oc6ccccc6n2c51)c34. The highest BCUT2D eigenvalue weighted by atomic mass is 16.3. The highest BCUT2D eigenvalue weighted by Gasteiger charge is 2.28. The molecule has 0 N–H and O–H groups in total. The van der Waals surface area contributed by atoms with Gasteiger partial charge in [-0.1, -0.05) is 84.9 Å². The first-order valence-electron chi connectivity index (χ1n) is 16.4. The number of para-hydroxylation sites is 4. The van der Waals surface area contributed by atoms with Crippen LogP contribution in [0.1, 0.15) is 11.1 Å². The Bertz CT molecular complexity index is 2930. The average molecular weight is 617 g/mol. The van der Waals surface area contributed by atoms with Gasteiger partial charge in [0.2, 0.25) is 0 Å². The Labute approximate surface area is 274 Å². The van der Waals surface area contributed by atoms with Gasteiger partial charge in [0.05, 0.1) is 32.8 Å². The van der Waals surface area contributed by atoms with E-state index in [9.17, 15) is 0 Å². The Morgan fingerprint density at radius 2 is 0.833 bits per heavy atom. The second-order valence-electron chi connectivity index (χ2n) is 13.0. The molecule has 11 rings (SSSR count). The van der Waals surface area contributed by atoms with Crippen LogP contribution in [0.25, 0.3) is 99.2 Å². The van der Waals surface area contributed by atoms with Crippen molar-refractivity contribution >= 4 is 77.0 Å². The summed E-state index contributed by atoms with van der Waals surface area (Å²) in [6, 6.07) is 47.6. The summed E-state index contributed by atoms with van der Waals surface area (Å²) in [7, 11) is 0. The van der Waals surface area contributed by atoms with E-state index in [2.05, 4.69) is 156 Å². The molecular weight excluding hydrogens is 588 g/mol. The van der Waals surface area contributed by atoms with Gasteiger partial charge in [0.1, 0.15) is 11.0 Å². The fraction of sp³-hybridized carbons (Fsp3) is 0.0455. The summed E-state index contributed by atoms with van der Waals surface area (Å²) in [6.45, 7) is 4.35. The first kappa shape index (κ1) is 25.9. The smallest absolute Gasteiger partial charge is 0.162 e. The van der Waals surface area contributed by atoms with Crippen molar-refractivity contribution in [3.8, 4) is 22.3 Å². The zero-order valence-electron chi connectivity index (χ0n) is 26.4. The molecule has 0 saturated heterocycles. The van der Waals surface area contributed by atoms with Crippen LogP contribution in [0.4, 0.5) is 0 Å². The topological polar surface area (TPSA) is 35.1 Å². The Morgan fingerprint density at radius 3 is 1.29 bits per heavy atom. The van der Waals surface area contributed by atoms with Crippen LogP contribution < -0.4 is 0 Å². The Kier molecular flexibility index (Phi) is 4.95. The summed E-state index contributed by atoms with van der Waals surface area (Å²) in [4.78, 5) is 0. The molecule has 0 unspecified atom stereocenters. The van der Waals surface area contributed by atoms with E-state index < -0.39 is 0 Å². The number of nitrogens with zero attached hydrogens (tertiary/aromatic N) is 2. The number of hydrogen-bond acceptors (Lipinski definition) is 2. The molecule has 4 nitrogen and oxygen atoms in total. The molecule has 4 heterocycles. The fourth-order valence-electron chi connectivity index (χ4n) is 8.21. The lowest BCUT2D eigenvalue weighted by molar-refractivity contribution is 0.653.